The largest absolute Gasteiger partial charge is 0.481 e. The second-order valence-electron chi connectivity index (χ2n) is 5.95. The van der Waals surface area contributed by atoms with Crippen LogP contribution in [0, 0.1) is 0 Å². The number of carbonyl (C=O) groups excluding carboxylic acids is 1. The molecule has 1 aromatic heterocycles. The van der Waals surface area contributed by atoms with E-state index in [0.717, 1.165) is 22.8 Å². The average molecular weight is 445 g/mol. The molecule has 154 valence electrons. The van der Waals surface area contributed by atoms with Gasteiger partial charge in [-0.2, -0.15) is 0 Å². The van der Waals surface area contributed by atoms with E-state index >= 15 is 0 Å². The molecule has 0 saturated carbocycles. The first kappa shape index (κ1) is 22.4. The van der Waals surface area contributed by atoms with Crippen LogP contribution in [0.1, 0.15) is 26.7 Å². The van der Waals surface area contributed by atoms with Crippen LogP contribution in [0.15, 0.2) is 28.6 Å². The molecule has 2 aromatic rings. The van der Waals surface area contributed by atoms with Crippen LogP contribution in [0.3, 0.4) is 0 Å². The maximum atomic E-state index is 12.5. The zero-order valence-corrected chi connectivity index (χ0v) is 18.7. The molecule has 1 atom stereocenters. The summed E-state index contributed by atoms with van der Waals surface area (Å²) >= 11 is 2.94. The number of aromatic nitrogens is 2. The predicted octanol–water partition coefficient (Wildman–Crippen LogP) is 3.23. The molecule has 2 rings (SSSR count). The van der Waals surface area contributed by atoms with Crippen molar-refractivity contribution >= 4 is 49.8 Å². The SMILES string of the molecule is CCCSc1nnc(NC(=O)C(CC)Oc2ccc(N(C)S(C)(=O)=O)cc2)s1. The van der Waals surface area contributed by atoms with Crippen LogP contribution in [-0.4, -0.2) is 49.7 Å². The number of rotatable bonds is 10. The molecule has 0 aliphatic rings. The minimum absolute atomic E-state index is 0.303. The number of benzene rings is 1. The van der Waals surface area contributed by atoms with Gasteiger partial charge in [-0.3, -0.25) is 14.4 Å². The molecule has 0 fully saturated rings. The molecular formula is C17H24N4O4S3. The number of anilines is 2. The quantitative estimate of drug-likeness (QED) is 0.443. The fraction of sp³-hybridized carbons (Fsp3) is 0.471. The van der Waals surface area contributed by atoms with Gasteiger partial charge in [0.05, 0.1) is 11.9 Å². The van der Waals surface area contributed by atoms with Gasteiger partial charge in [0.2, 0.25) is 15.2 Å². The second-order valence-corrected chi connectivity index (χ2v) is 10.3. The molecule has 1 aromatic carbocycles. The van der Waals surface area contributed by atoms with Gasteiger partial charge in [0.1, 0.15) is 5.75 Å². The Kier molecular flexibility index (Phi) is 8.08. The first-order valence-corrected chi connectivity index (χ1v) is 12.4. The maximum absolute atomic E-state index is 12.5. The third-order valence-corrected chi connectivity index (χ3v) is 7.09. The van der Waals surface area contributed by atoms with Crippen molar-refractivity contribution in [1.82, 2.24) is 10.2 Å². The van der Waals surface area contributed by atoms with E-state index in [1.54, 1.807) is 36.0 Å². The van der Waals surface area contributed by atoms with Crippen LogP contribution in [0.2, 0.25) is 0 Å². The van der Waals surface area contributed by atoms with Gasteiger partial charge < -0.3 is 4.74 Å². The van der Waals surface area contributed by atoms with Gasteiger partial charge in [-0.1, -0.05) is 36.9 Å². The minimum Gasteiger partial charge on any atom is -0.481 e. The molecule has 0 radical (unpaired) electrons. The Morgan fingerprint density at radius 3 is 2.54 bits per heavy atom. The highest BCUT2D eigenvalue weighted by Gasteiger charge is 2.20. The van der Waals surface area contributed by atoms with Crippen LogP contribution in [0.5, 0.6) is 5.75 Å². The lowest BCUT2D eigenvalue weighted by Gasteiger charge is -2.19. The zero-order valence-electron chi connectivity index (χ0n) is 16.2. The summed E-state index contributed by atoms with van der Waals surface area (Å²) in [4.78, 5) is 12.5. The standard InChI is InChI=1S/C17H24N4O4S3/c1-5-11-26-17-20-19-16(27-17)18-15(22)14(6-2)25-13-9-7-12(8-10-13)21(3)28(4,23)24/h7-10,14H,5-6,11H2,1-4H3,(H,18,19,22). The molecule has 1 N–H and O–H groups in total. The summed E-state index contributed by atoms with van der Waals surface area (Å²) in [7, 11) is -1.86. The fourth-order valence-corrected chi connectivity index (χ4v) is 4.29. The molecule has 28 heavy (non-hydrogen) atoms. The van der Waals surface area contributed by atoms with Crippen molar-refractivity contribution in [2.75, 3.05) is 28.7 Å². The van der Waals surface area contributed by atoms with Gasteiger partial charge in [-0.05, 0) is 37.1 Å². The van der Waals surface area contributed by atoms with E-state index in [2.05, 4.69) is 22.4 Å². The van der Waals surface area contributed by atoms with E-state index in [4.69, 9.17) is 4.74 Å². The average Bonchev–Trinajstić information content (AvgIpc) is 3.10. The Morgan fingerprint density at radius 2 is 1.96 bits per heavy atom. The molecule has 0 bridgehead atoms. The first-order valence-electron chi connectivity index (χ1n) is 8.72. The Morgan fingerprint density at radius 1 is 1.29 bits per heavy atom. The molecular weight excluding hydrogens is 420 g/mol. The predicted molar refractivity (Wildman–Crippen MR) is 114 cm³/mol. The summed E-state index contributed by atoms with van der Waals surface area (Å²) < 4.78 is 30.9. The monoisotopic (exact) mass is 444 g/mol. The summed E-state index contributed by atoms with van der Waals surface area (Å²) in [6.45, 7) is 3.93. The molecule has 1 amide bonds. The van der Waals surface area contributed by atoms with Crippen LogP contribution in [0.25, 0.3) is 0 Å². The normalized spacial score (nSPS) is 12.4. The number of nitrogens with one attached hydrogen (secondary N) is 1. The van der Waals surface area contributed by atoms with Gasteiger partial charge in [0, 0.05) is 12.8 Å². The number of thioether (sulfide) groups is 1. The summed E-state index contributed by atoms with van der Waals surface area (Å²) in [6.07, 6.45) is 1.94. The summed E-state index contributed by atoms with van der Waals surface area (Å²) in [5, 5.41) is 11.2. The van der Waals surface area contributed by atoms with Crippen molar-refractivity contribution in [3.05, 3.63) is 24.3 Å². The van der Waals surface area contributed by atoms with Gasteiger partial charge in [0.25, 0.3) is 5.91 Å². The van der Waals surface area contributed by atoms with E-state index < -0.39 is 16.1 Å². The van der Waals surface area contributed by atoms with Crippen molar-refractivity contribution < 1.29 is 17.9 Å². The number of hydrogen-bond acceptors (Lipinski definition) is 8. The van der Waals surface area contributed by atoms with Crippen LogP contribution >= 0.6 is 23.1 Å². The topological polar surface area (TPSA) is 101 Å². The maximum Gasteiger partial charge on any atom is 0.267 e. The van der Waals surface area contributed by atoms with Crippen LogP contribution in [0.4, 0.5) is 10.8 Å². The number of amides is 1. The van der Waals surface area contributed by atoms with Crippen LogP contribution < -0.4 is 14.4 Å². The Hall–Kier alpha value is -1.85. The van der Waals surface area contributed by atoms with E-state index in [1.165, 1.54) is 22.7 Å². The van der Waals surface area contributed by atoms with Crippen LogP contribution in [-0.2, 0) is 14.8 Å². The van der Waals surface area contributed by atoms with Crippen molar-refractivity contribution in [1.29, 1.82) is 0 Å². The third kappa shape index (κ3) is 6.35. The lowest BCUT2D eigenvalue weighted by Crippen LogP contribution is -2.32. The smallest absolute Gasteiger partial charge is 0.267 e. The molecule has 0 aliphatic carbocycles. The number of sulfonamides is 1. The molecule has 1 heterocycles. The summed E-state index contributed by atoms with van der Waals surface area (Å²) in [5.74, 6) is 1.13. The van der Waals surface area contributed by atoms with E-state index in [9.17, 15) is 13.2 Å². The number of ether oxygens (including phenoxy) is 1. The van der Waals surface area contributed by atoms with E-state index in [1.807, 2.05) is 6.92 Å². The highest BCUT2D eigenvalue weighted by molar-refractivity contribution is 8.01. The van der Waals surface area contributed by atoms with Gasteiger partial charge >= 0.3 is 0 Å². The Bertz CT molecular complexity index is 884. The van der Waals surface area contributed by atoms with Crippen molar-refractivity contribution in [2.45, 2.75) is 37.1 Å². The van der Waals surface area contributed by atoms with Gasteiger partial charge in [0.15, 0.2) is 10.4 Å². The molecule has 0 saturated heterocycles. The third-order valence-electron chi connectivity index (χ3n) is 3.71. The lowest BCUT2D eigenvalue weighted by atomic mass is 10.2. The number of hydrogen-bond donors (Lipinski definition) is 1. The minimum atomic E-state index is -3.33. The van der Waals surface area contributed by atoms with Gasteiger partial charge in [-0.25, -0.2) is 8.42 Å². The van der Waals surface area contributed by atoms with Gasteiger partial charge in [-0.15, -0.1) is 10.2 Å². The summed E-state index contributed by atoms with van der Waals surface area (Å²) in [6, 6.07) is 6.53. The first-order chi connectivity index (χ1) is 13.2. The lowest BCUT2D eigenvalue weighted by molar-refractivity contribution is -0.122. The fourth-order valence-electron chi connectivity index (χ4n) is 2.11. The highest BCUT2D eigenvalue weighted by atomic mass is 32.2. The molecule has 8 nitrogen and oxygen atoms in total. The highest BCUT2D eigenvalue weighted by Crippen LogP contribution is 2.26. The van der Waals surface area contributed by atoms with Crippen molar-refractivity contribution in [2.24, 2.45) is 0 Å². The van der Waals surface area contributed by atoms with E-state index in [0.29, 0.717) is 23.0 Å². The Balaban J connectivity index is 1.99. The van der Waals surface area contributed by atoms with E-state index in [-0.39, 0.29) is 5.91 Å². The van der Waals surface area contributed by atoms with Crippen molar-refractivity contribution in [3.8, 4) is 5.75 Å². The number of carbonyl (C=O) groups is 1. The second kappa shape index (κ2) is 10.1. The zero-order chi connectivity index (χ0) is 20.7. The van der Waals surface area contributed by atoms with Crippen molar-refractivity contribution in [3.63, 3.8) is 0 Å². The summed E-state index contributed by atoms with van der Waals surface area (Å²) in [5.41, 5.74) is 0.512. The Labute approximate surface area is 173 Å². The number of nitrogens with zero attached hydrogens (tertiary/aromatic N) is 3. The molecule has 1 unspecified atom stereocenters. The molecule has 0 spiro atoms. The molecule has 0 aliphatic heterocycles. The molecule has 11 heteroatoms.